The zero-order chi connectivity index (χ0) is 24.8. The van der Waals surface area contributed by atoms with Crippen molar-refractivity contribution >= 4 is 17.4 Å². The van der Waals surface area contributed by atoms with Crippen LogP contribution in [0.15, 0.2) is 72.8 Å². The topological polar surface area (TPSA) is 93.9 Å². The van der Waals surface area contributed by atoms with Crippen molar-refractivity contribution in [1.82, 2.24) is 14.5 Å². The van der Waals surface area contributed by atoms with E-state index in [0.717, 1.165) is 6.42 Å². The van der Waals surface area contributed by atoms with Gasteiger partial charge in [0.15, 0.2) is 0 Å². The van der Waals surface area contributed by atoms with E-state index in [2.05, 4.69) is 4.98 Å². The normalized spacial score (nSPS) is 17.1. The zero-order valence-corrected chi connectivity index (χ0v) is 19.9. The molecule has 1 aliphatic rings. The smallest absolute Gasteiger partial charge is 0.295 e. The summed E-state index contributed by atoms with van der Waals surface area (Å²) in [7, 11) is 1.57. The first-order chi connectivity index (χ1) is 17.0. The van der Waals surface area contributed by atoms with E-state index in [9.17, 15) is 14.7 Å². The summed E-state index contributed by atoms with van der Waals surface area (Å²) >= 11 is 0. The van der Waals surface area contributed by atoms with Crippen LogP contribution in [-0.2, 0) is 16.1 Å². The molecule has 4 rings (SSSR count). The molecule has 1 atom stereocenters. The molecule has 0 radical (unpaired) electrons. The highest BCUT2D eigenvalue weighted by Gasteiger charge is 2.45. The standard InChI is InChI=1S/C27H29N3O5/c1-3-16-35-22-7-4-6-20(17-22)25(31)23-24(19-8-10-21(34-2)11-9-19)30(27(33)26(23)32)14-5-13-29-15-12-28-18-29/h4,6-12,15,17-18,24,31H,3,5,13-14,16H2,1-2H3/b25-23+. The molecule has 0 saturated carbocycles. The number of carbonyl (C=O) groups excluding carboxylic acids is 2. The molecule has 1 amide bonds. The van der Waals surface area contributed by atoms with E-state index >= 15 is 0 Å². The average Bonchev–Trinajstić information content (AvgIpc) is 3.49. The van der Waals surface area contributed by atoms with E-state index in [-0.39, 0.29) is 11.3 Å². The maximum Gasteiger partial charge on any atom is 0.295 e. The van der Waals surface area contributed by atoms with Gasteiger partial charge in [0.05, 0.1) is 31.7 Å². The molecule has 1 fully saturated rings. The van der Waals surface area contributed by atoms with Crippen LogP contribution in [0.1, 0.15) is 36.9 Å². The number of aliphatic hydroxyl groups excluding tert-OH is 1. The monoisotopic (exact) mass is 475 g/mol. The first kappa shape index (κ1) is 24.1. The number of imidazole rings is 1. The highest BCUT2D eigenvalue weighted by atomic mass is 16.5. The number of hydrogen-bond acceptors (Lipinski definition) is 6. The van der Waals surface area contributed by atoms with Crippen LogP contribution >= 0.6 is 0 Å². The third kappa shape index (κ3) is 5.21. The molecule has 2 heterocycles. The van der Waals surface area contributed by atoms with Gasteiger partial charge in [-0.3, -0.25) is 9.59 Å². The second-order valence-electron chi connectivity index (χ2n) is 8.30. The Hall–Kier alpha value is -4.07. The summed E-state index contributed by atoms with van der Waals surface area (Å²) in [5.74, 6) is -0.302. The predicted molar refractivity (Wildman–Crippen MR) is 131 cm³/mol. The first-order valence-electron chi connectivity index (χ1n) is 11.6. The molecular formula is C27H29N3O5. The van der Waals surface area contributed by atoms with Gasteiger partial charge in [0.1, 0.15) is 17.3 Å². The number of amides is 1. The van der Waals surface area contributed by atoms with Crippen molar-refractivity contribution in [1.29, 1.82) is 0 Å². The lowest BCUT2D eigenvalue weighted by Gasteiger charge is -2.25. The summed E-state index contributed by atoms with van der Waals surface area (Å²) in [4.78, 5) is 31.9. The molecule has 8 heteroatoms. The molecule has 1 aliphatic heterocycles. The number of aliphatic hydroxyl groups is 1. The third-order valence-electron chi connectivity index (χ3n) is 5.93. The zero-order valence-electron chi connectivity index (χ0n) is 19.9. The molecule has 1 aromatic heterocycles. The Morgan fingerprint density at radius 3 is 2.57 bits per heavy atom. The highest BCUT2D eigenvalue weighted by Crippen LogP contribution is 2.40. The number of aryl methyl sites for hydroxylation is 1. The molecule has 0 bridgehead atoms. The van der Waals surface area contributed by atoms with Gasteiger partial charge in [0.2, 0.25) is 0 Å². The van der Waals surface area contributed by atoms with E-state index in [1.54, 1.807) is 56.0 Å². The third-order valence-corrected chi connectivity index (χ3v) is 5.93. The van der Waals surface area contributed by atoms with Gasteiger partial charge < -0.3 is 24.0 Å². The molecule has 3 aromatic rings. The van der Waals surface area contributed by atoms with Gasteiger partial charge in [0.25, 0.3) is 11.7 Å². The Balaban J connectivity index is 1.71. The van der Waals surface area contributed by atoms with Gasteiger partial charge in [-0.25, -0.2) is 4.98 Å². The van der Waals surface area contributed by atoms with Gasteiger partial charge in [0, 0.05) is 31.0 Å². The van der Waals surface area contributed by atoms with Crippen molar-refractivity contribution < 1.29 is 24.2 Å². The predicted octanol–water partition coefficient (Wildman–Crippen LogP) is 4.19. The number of ketones is 1. The Morgan fingerprint density at radius 2 is 1.89 bits per heavy atom. The summed E-state index contributed by atoms with van der Waals surface area (Å²) < 4.78 is 12.9. The molecule has 8 nitrogen and oxygen atoms in total. The minimum Gasteiger partial charge on any atom is -0.507 e. The fraction of sp³-hybridized carbons (Fsp3) is 0.296. The summed E-state index contributed by atoms with van der Waals surface area (Å²) in [6.07, 6.45) is 6.72. The van der Waals surface area contributed by atoms with Crippen LogP contribution in [0.4, 0.5) is 0 Å². The molecule has 182 valence electrons. The van der Waals surface area contributed by atoms with Gasteiger partial charge in [-0.1, -0.05) is 31.2 Å². The van der Waals surface area contributed by atoms with Crippen LogP contribution in [0, 0.1) is 0 Å². The number of rotatable bonds is 10. The van der Waals surface area contributed by atoms with Crippen LogP contribution in [-0.4, -0.2) is 51.5 Å². The number of ether oxygens (including phenoxy) is 2. The molecule has 0 spiro atoms. The number of carbonyl (C=O) groups is 2. The summed E-state index contributed by atoms with van der Waals surface area (Å²) in [5, 5.41) is 11.3. The van der Waals surface area contributed by atoms with Crippen LogP contribution in [0.5, 0.6) is 11.5 Å². The summed E-state index contributed by atoms with van der Waals surface area (Å²) in [6.45, 7) is 3.54. The lowest BCUT2D eigenvalue weighted by Crippen LogP contribution is -2.31. The quantitative estimate of drug-likeness (QED) is 0.268. The lowest BCUT2D eigenvalue weighted by molar-refractivity contribution is -0.139. The second-order valence-corrected chi connectivity index (χ2v) is 8.30. The fourth-order valence-corrected chi connectivity index (χ4v) is 4.19. The highest BCUT2D eigenvalue weighted by molar-refractivity contribution is 6.46. The first-order valence-corrected chi connectivity index (χ1v) is 11.6. The molecular weight excluding hydrogens is 446 g/mol. The Morgan fingerprint density at radius 1 is 1.09 bits per heavy atom. The van der Waals surface area contributed by atoms with Crippen LogP contribution in [0.2, 0.25) is 0 Å². The maximum absolute atomic E-state index is 13.2. The Labute approximate surface area is 204 Å². The van der Waals surface area contributed by atoms with E-state index in [0.29, 0.717) is 48.7 Å². The van der Waals surface area contributed by atoms with Gasteiger partial charge in [-0.2, -0.15) is 0 Å². The van der Waals surface area contributed by atoms with Crippen LogP contribution < -0.4 is 9.47 Å². The van der Waals surface area contributed by atoms with E-state index in [4.69, 9.17) is 9.47 Å². The number of aromatic nitrogens is 2. The largest absolute Gasteiger partial charge is 0.507 e. The summed E-state index contributed by atoms with van der Waals surface area (Å²) in [5.41, 5.74) is 1.21. The average molecular weight is 476 g/mol. The molecule has 0 aliphatic carbocycles. The molecule has 2 aromatic carbocycles. The van der Waals surface area contributed by atoms with E-state index < -0.39 is 17.7 Å². The van der Waals surface area contributed by atoms with Crippen molar-refractivity contribution in [3.8, 4) is 11.5 Å². The molecule has 35 heavy (non-hydrogen) atoms. The minimum absolute atomic E-state index is 0.0652. The van der Waals surface area contributed by atoms with Crippen molar-refractivity contribution in [3.63, 3.8) is 0 Å². The molecule has 1 N–H and O–H groups in total. The van der Waals surface area contributed by atoms with Crippen molar-refractivity contribution in [3.05, 3.63) is 84.0 Å². The van der Waals surface area contributed by atoms with Gasteiger partial charge in [-0.05, 0) is 42.7 Å². The minimum atomic E-state index is -0.719. The fourth-order valence-electron chi connectivity index (χ4n) is 4.19. The Kier molecular flexibility index (Phi) is 7.50. The maximum atomic E-state index is 13.2. The Bertz CT molecular complexity index is 1200. The van der Waals surface area contributed by atoms with Crippen LogP contribution in [0.3, 0.4) is 0 Å². The molecule has 1 saturated heterocycles. The van der Waals surface area contributed by atoms with E-state index in [1.807, 2.05) is 29.8 Å². The van der Waals surface area contributed by atoms with Crippen molar-refractivity contribution in [2.45, 2.75) is 32.4 Å². The van der Waals surface area contributed by atoms with Crippen molar-refractivity contribution in [2.24, 2.45) is 0 Å². The number of hydrogen-bond donors (Lipinski definition) is 1. The number of likely N-dealkylation sites (tertiary alicyclic amines) is 1. The second kappa shape index (κ2) is 10.9. The number of methoxy groups -OCH3 is 1. The van der Waals surface area contributed by atoms with Gasteiger partial charge in [-0.15, -0.1) is 0 Å². The molecule has 1 unspecified atom stereocenters. The number of Topliss-reactive ketones (excluding diaryl/α,β-unsaturated/α-hetero) is 1. The number of benzene rings is 2. The summed E-state index contributed by atoms with van der Waals surface area (Å²) in [6, 6.07) is 13.4. The SMILES string of the molecule is CCCOc1cccc(/C(O)=C2\C(=O)C(=O)N(CCCn3ccnc3)C2c2ccc(OC)cc2)c1. The van der Waals surface area contributed by atoms with Crippen LogP contribution in [0.25, 0.3) is 5.76 Å². The van der Waals surface area contributed by atoms with Crippen molar-refractivity contribution in [2.75, 3.05) is 20.3 Å². The number of nitrogens with zero attached hydrogens (tertiary/aromatic N) is 3. The lowest BCUT2D eigenvalue weighted by atomic mass is 9.95. The van der Waals surface area contributed by atoms with E-state index in [1.165, 1.54) is 4.90 Å². The van der Waals surface area contributed by atoms with Gasteiger partial charge >= 0.3 is 0 Å².